The number of rotatable bonds is 4. The van der Waals surface area contributed by atoms with Gasteiger partial charge < -0.3 is 5.11 Å². The molecule has 94 valence electrons. The van der Waals surface area contributed by atoms with Crippen molar-refractivity contribution in [2.24, 2.45) is 5.92 Å². The molecule has 0 bridgehead atoms. The van der Waals surface area contributed by atoms with E-state index in [2.05, 4.69) is 37.3 Å². The van der Waals surface area contributed by atoms with Crippen molar-refractivity contribution in [3.63, 3.8) is 0 Å². The molecule has 1 N–H and O–H groups in total. The smallest absolute Gasteiger partial charge is 0.0650 e. The van der Waals surface area contributed by atoms with E-state index in [1.165, 1.54) is 18.4 Å². The van der Waals surface area contributed by atoms with Gasteiger partial charge in [-0.05, 0) is 43.6 Å². The quantitative estimate of drug-likeness (QED) is 0.833. The van der Waals surface area contributed by atoms with E-state index in [0.29, 0.717) is 5.92 Å². The Hall–Kier alpha value is -0.820. The van der Waals surface area contributed by atoms with Gasteiger partial charge in [-0.2, -0.15) is 0 Å². The predicted octanol–water partition coefficient (Wildman–Crippen LogP) is 3.95. The van der Waals surface area contributed by atoms with Gasteiger partial charge >= 0.3 is 0 Å². The number of aliphatic hydroxyl groups is 1. The van der Waals surface area contributed by atoms with E-state index in [1.807, 2.05) is 0 Å². The fourth-order valence-electron chi connectivity index (χ4n) is 3.13. The number of hydrogen-bond acceptors (Lipinski definition) is 1. The van der Waals surface area contributed by atoms with Gasteiger partial charge in [0.25, 0.3) is 0 Å². The monoisotopic (exact) mass is 232 g/mol. The molecule has 1 heteroatoms. The van der Waals surface area contributed by atoms with Gasteiger partial charge in [0.15, 0.2) is 0 Å². The lowest BCUT2D eigenvalue weighted by atomic mass is 9.76. The molecule has 0 amide bonds. The molecular formula is C16H24O. The van der Waals surface area contributed by atoms with Gasteiger partial charge in [0.2, 0.25) is 0 Å². The summed E-state index contributed by atoms with van der Waals surface area (Å²) >= 11 is 0. The van der Waals surface area contributed by atoms with Crippen LogP contribution in [-0.2, 0) is 6.42 Å². The topological polar surface area (TPSA) is 20.2 Å². The van der Waals surface area contributed by atoms with Crippen molar-refractivity contribution in [3.8, 4) is 0 Å². The van der Waals surface area contributed by atoms with Crippen molar-refractivity contribution in [1.82, 2.24) is 0 Å². The summed E-state index contributed by atoms with van der Waals surface area (Å²) in [5, 5.41) is 10.5. The van der Waals surface area contributed by atoms with Crippen LogP contribution in [-0.4, -0.2) is 10.7 Å². The van der Waals surface area contributed by atoms with Crippen molar-refractivity contribution in [2.75, 3.05) is 0 Å². The molecule has 17 heavy (non-hydrogen) atoms. The summed E-state index contributed by atoms with van der Waals surface area (Å²) in [5.41, 5.74) is 1.02. The molecule has 1 aliphatic rings. The molecule has 1 saturated carbocycles. The maximum absolute atomic E-state index is 10.5. The van der Waals surface area contributed by atoms with E-state index in [4.69, 9.17) is 0 Å². The molecule has 0 radical (unpaired) electrons. The summed E-state index contributed by atoms with van der Waals surface area (Å²) in [6.45, 7) is 2.27. The molecule has 1 aromatic carbocycles. The summed E-state index contributed by atoms with van der Waals surface area (Å²) < 4.78 is 0. The molecular weight excluding hydrogens is 208 g/mol. The molecule has 1 fully saturated rings. The molecule has 0 aromatic heterocycles. The van der Waals surface area contributed by atoms with Gasteiger partial charge in [-0.15, -0.1) is 0 Å². The average Bonchev–Trinajstić information content (AvgIpc) is 2.30. The van der Waals surface area contributed by atoms with Crippen LogP contribution in [0.5, 0.6) is 0 Å². The molecule has 2 atom stereocenters. The fourth-order valence-corrected chi connectivity index (χ4v) is 3.13. The second-order valence-corrected chi connectivity index (χ2v) is 5.77. The van der Waals surface area contributed by atoms with Crippen LogP contribution < -0.4 is 0 Å². The Kier molecular flexibility index (Phi) is 4.22. The first-order chi connectivity index (χ1) is 8.18. The Morgan fingerprint density at radius 1 is 1.29 bits per heavy atom. The largest absolute Gasteiger partial charge is 0.390 e. The first kappa shape index (κ1) is 12.6. The van der Waals surface area contributed by atoms with Crippen molar-refractivity contribution in [3.05, 3.63) is 35.9 Å². The Morgan fingerprint density at radius 2 is 2.06 bits per heavy atom. The minimum absolute atomic E-state index is 0.369. The van der Waals surface area contributed by atoms with Crippen LogP contribution in [0.2, 0.25) is 0 Å². The summed E-state index contributed by atoms with van der Waals surface area (Å²) in [6.07, 6.45) is 7.66. The Labute approximate surface area is 105 Å². The van der Waals surface area contributed by atoms with Crippen LogP contribution in [0.3, 0.4) is 0 Å². The van der Waals surface area contributed by atoms with Crippen LogP contribution in [0, 0.1) is 5.92 Å². The molecule has 1 aromatic rings. The molecule has 2 rings (SSSR count). The van der Waals surface area contributed by atoms with Crippen LogP contribution in [0.1, 0.15) is 51.0 Å². The maximum Gasteiger partial charge on any atom is 0.0650 e. The third-order valence-corrected chi connectivity index (χ3v) is 4.02. The van der Waals surface area contributed by atoms with E-state index in [0.717, 1.165) is 32.1 Å². The normalized spacial score (nSPS) is 29.2. The summed E-state index contributed by atoms with van der Waals surface area (Å²) in [6, 6.07) is 10.6. The highest BCUT2D eigenvalue weighted by molar-refractivity contribution is 5.14. The van der Waals surface area contributed by atoms with E-state index in [1.54, 1.807) is 0 Å². The van der Waals surface area contributed by atoms with Gasteiger partial charge in [-0.25, -0.2) is 0 Å². The number of benzene rings is 1. The average molecular weight is 232 g/mol. The molecule has 1 aliphatic carbocycles. The van der Waals surface area contributed by atoms with Crippen LogP contribution in [0.15, 0.2) is 30.3 Å². The fraction of sp³-hybridized carbons (Fsp3) is 0.625. The zero-order valence-electron chi connectivity index (χ0n) is 10.9. The number of aryl methyl sites for hydroxylation is 1. The molecule has 0 heterocycles. The van der Waals surface area contributed by atoms with Crippen molar-refractivity contribution in [2.45, 2.75) is 57.5 Å². The SMILES string of the molecule is CC1CCCC(O)(CCCc2ccccc2)C1. The number of hydrogen-bond donors (Lipinski definition) is 1. The highest BCUT2D eigenvalue weighted by atomic mass is 16.3. The highest BCUT2D eigenvalue weighted by Crippen LogP contribution is 2.35. The first-order valence-electron chi connectivity index (χ1n) is 6.94. The van der Waals surface area contributed by atoms with Gasteiger partial charge in [0.05, 0.1) is 5.60 Å². The minimum Gasteiger partial charge on any atom is -0.390 e. The second-order valence-electron chi connectivity index (χ2n) is 5.77. The third-order valence-electron chi connectivity index (χ3n) is 4.02. The lowest BCUT2D eigenvalue weighted by Gasteiger charge is -2.35. The van der Waals surface area contributed by atoms with E-state index in [-0.39, 0.29) is 5.60 Å². The maximum atomic E-state index is 10.5. The lowest BCUT2D eigenvalue weighted by Crippen LogP contribution is -2.34. The van der Waals surface area contributed by atoms with Gasteiger partial charge in [-0.3, -0.25) is 0 Å². The first-order valence-corrected chi connectivity index (χ1v) is 6.94. The molecule has 0 saturated heterocycles. The zero-order valence-corrected chi connectivity index (χ0v) is 10.9. The molecule has 2 unspecified atom stereocenters. The van der Waals surface area contributed by atoms with E-state index < -0.39 is 0 Å². The summed E-state index contributed by atoms with van der Waals surface area (Å²) in [4.78, 5) is 0. The molecule has 1 nitrogen and oxygen atoms in total. The van der Waals surface area contributed by atoms with Crippen LogP contribution in [0.4, 0.5) is 0 Å². The van der Waals surface area contributed by atoms with E-state index >= 15 is 0 Å². The minimum atomic E-state index is -0.369. The van der Waals surface area contributed by atoms with Crippen LogP contribution in [0.25, 0.3) is 0 Å². The Morgan fingerprint density at radius 3 is 2.76 bits per heavy atom. The van der Waals surface area contributed by atoms with Gasteiger partial charge in [0.1, 0.15) is 0 Å². The highest BCUT2D eigenvalue weighted by Gasteiger charge is 2.31. The van der Waals surface area contributed by atoms with Crippen molar-refractivity contribution in [1.29, 1.82) is 0 Å². The zero-order chi connectivity index (χ0) is 12.1. The molecule has 0 spiro atoms. The lowest BCUT2D eigenvalue weighted by molar-refractivity contribution is -0.0214. The van der Waals surface area contributed by atoms with Crippen LogP contribution >= 0.6 is 0 Å². The van der Waals surface area contributed by atoms with Gasteiger partial charge in [-0.1, -0.05) is 50.1 Å². The molecule has 0 aliphatic heterocycles. The Bertz CT molecular complexity index is 333. The van der Waals surface area contributed by atoms with Crippen molar-refractivity contribution < 1.29 is 5.11 Å². The Balaban J connectivity index is 1.78. The van der Waals surface area contributed by atoms with Gasteiger partial charge in [0, 0.05) is 0 Å². The third kappa shape index (κ3) is 3.85. The van der Waals surface area contributed by atoms with Crippen molar-refractivity contribution >= 4 is 0 Å². The predicted molar refractivity (Wildman–Crippen MR) is 72.0 cm³/mol. The summed E-state index contributed by atoms with van der Waals surface area (Å²) in [7, 11) is 0. The van der Waals surface area contributed by atoms with E-state index in [9.17, 15) is 5.11 Å². The standard InChI is InChI=1S/C16H24O/c1-14-7-5-11-16(17,13-14)12-6-10-15-8-3-2-4-9-15/h2-4,8-9,14,17H,5-7,10-13H2,1H3. The summed E-state index contributed by atoms with van der Waals surface area (Å²) in [5.74, 6) is 0.700. The second kappa shape index (κ2) is 5.68.